The monoisotopic (exact) mass is 579 g/mol. The van der Waals surface area contributed by atoms with E-state index in [9.17, 15) is 24.5 Å². The molecular weight excluding hydrogens is 558 g/mol. The van der Waals surface area contributed by atoms with Crippen LogP contribution >= 0.6 is 15.9 Å². The zero-order valence-electron chi connectivity index (χ0n) is 20.6. The second kappa shape index (κ2) is 10.9. The van der Waals surface area contributed by atoms with Crippen LogP contribution in [0.3, 0.4) is 0 Å². The number of urea groups is 1. The first-order chi connectivity index (χ1) is 18.1. The minimum atomic E-state index is -0.958. The minimum absolute atomic E-state index is 0.0744. The largest absolute Gasteiger partial charge is 0.493 e. The van der Waals surface area contributed by atoms with E-state index in [0.717, 1.165) is 33.7 Å². The van der Waals surface area contributed by atoms with Crippen molar-refractivity contribution in [2.75, 3.05) is 12.0 Å². The van der Waals surface area contributed by atoms with Crippen LogP contribution in [0.15, 0.2) is 64.6 Å². The zero-order valence-corrected chi connectivity index (χ0v) is 22.2. The van der Waals surface area contributed by atoms with Crippen molar-refractivity contribution in [3.8, 4) is 11.5 Å². The molecule has 0 unspecified atom stereocenters. The smallest absolute Gasteiger partial charge is 0.335 e. The first-order valence-electron chi connectivity index (χ1n) is 11.3. The molecule has 10 nitrogen and oxygen atoms in total. The topological polar surface area (TPSA) is 128 Å². The van der Waals surface area contributed by atoms with Gasteiger partial charge in [0, 0.05) is 12.1 Å². The third-order valence-corrected chi connectivity index (χ3v) is 6.24. The average Bonchev–Trinajstić information content (AvgIpc) is 2.85. The van der Waals surface area contributed by atoms with Crippen LogP contribution in [0.2, 0.25) is 0 Å². The Morgan fingerprint density at radius 3 is 2.29 bits per heavy atom. The molecule has 3 aromatic carbocycles. The van der Waals surface area contributed by atoms with Crippen molar-refractivity contribution in [1.82, 2.24) is 5.32 Å². The molecule has 3 aromatic rings. The number of ether oxygens (including phenoxy) is 2. The number of methoxy groups -OCH3 is 1. The molecule has 4 rings (SSSR count). The van der Waals surface area contributed by atoms with Crippen LogP contribution in [0.25, 0.3) is 6.08 Å². The number of imide groups is 2. The summed E-state index contributed by atoms with van der Waals surface area (Å²) in [6, 6.07) is 13.2. The van der Waals surface area contributed by atoms with Crippen molar-refractivity contribution in [1.29, 1.82) is 0 Å². The lowest BCUT2D eigenvalue weighted by Crippen LogP contribution is -2.54. The van der Waals surface area contributed by atoms with E-state index in [1.165, 1.54) is 25.3 Å². The van der Waals surface area contributed by atoms with Gasteiger partial charge in [-0.15, -0.1) is 0 Å². The molecular formula is C27H22BrN3O7. The van der Waals surface area contributed by atoms with E-state index < -0.39 is 22.8 Å². The third kappa shape index (κ3) is 5.57. The van der Waals surface area contributed by atoms with Crippen molar-refractivity contribution in [3.63, 3.8) is 0 Å². The number of amides is 4. The van der Waals surface area contributed by atoms with E-state index in [1.54, 1.807) is 12.1 Å². The summed E-state index contributed by atoms with van der Waals surface area (Å²) < 4.78 is 12.0. The van der Waals surface area contributed by atoms with Crippen LogP contribution in [-0.4, -0.2) is 29.9 Å². The van der Waals surface area contributed by atoms with Gasteiger partial charge < -0.3 is 9.47 Å². The first-order valence-corrected chi connectivity index (χ1v) is 12.1. The van der Waals surface area contributed by atoms with Gasteiger partial charge in [0.1, 0.15) is 12.2 Å². The Morgan fingerprint density at radius 2 is 1.68 bits per heavy atom. The third-order valence-electron chi connectivity index (χ3n) is 5.65. The second-order valence-corrected chi connectivity index (χ2v) is 9.40. The van der Waals surface area contributed by atoms with Gasteiger partial charge in [-0.05, 0) is 71.2 Å². The number of anilines is 1. The predicted molar refractivity (Wildman–Crippen MR) is 143 cm³/mol. The highest BCUT2D eigenvalue weighted by atomic mass is 79.9. The van der Waals surface area contributed by atoms with Crippen LogP contribution in [0.4, 0.5) is 16.2 Å². The van der Waals surface area contributed by atoms with E-state index >= 15 is 0 Å². The number of carbonyl (C=O) groups excluding carboxylic acids is 3. The number of aryl methyl sites for hydroxylation is 2. The highest BCUT2D eigenvalue weighted by Gasteiger charge is 2.37. The molecule has 38 heavy (non-hydrogen) atoms. The highest BCUT2D eigenvalue weighted by Crippen LogP contribution is 2.38. The van der Waals surface area contributed by atoms with Crippen molar-refractivity contribution >= 4 is 51.2 Å². The van der Waals surface area contributed by atoms with Crippen molar-refractivity contribution < 1.29 is 28.8 Å². The van der Waals surface area contributed by atoms with Crippen LogP contribution in [-0.2, 0) is 16.2 Å². The maximum absolute atomic E-state index is 13.2. The van der Waals surface area contributed by atoms with Crippen molar-refractivity contribution in [2.45, 2.75) is 20.5 Å². The summed E-state index contributed by atoms with van der Waals surface area (Å²) in [7, 11) is 1.47. The van der Waals surface area contributed by atoms with Gasteiger partial charge in [0.05, 0.1) is 22.2 Å². The van der Waals surface area contributed by atoms with Gasteiger partial charge in [0.2, 0.25) is 0 Å². The van der Waals surface area contributed by atoms with E-state index in [2.05, 4.69) is 27.3 Å². The first kappa shape index (κ1) is 26.6. The number of carbonyl (C=O) groups is 3. The number of hydrogen-bond donors (Lipinski definition) is 1. The van der Waals surface area contributed by atoms with Gasteiger partial charge in [-0.1, -0.05) is 29.3 Å². The van der Waals surface area contributed by atoms with Gasteiger partial charge in [-0.3, -0.25) is 25.0 Å². The van der Waals surface area contributed by atoms with E-state index in [0.29, 0.717) is 28.1 Å². The Bertz CT molecular complexity index is 1480. The molecule has 0 bridgehead atoms. The Morgan fingerprint density at radius 1 is 1.03 bits per heavy atom. The number of rotatable bonds is 7. The second-order valence-electron chi connectivity index (χ2n) is 8.55. The Kier molecular flexibility index (Phi) is 7.58. The average molecular weight is 580 g/mol. The lowest BCUT2D eigenvalue weighted by Gasteiger charge is -2.26. The number of halogens is 1. The summed E-state index contributed by atoms with van der Waals surface area (Å²) in [5.74, 6) is -0.945. The van der Waals surface area contributed by atoms with Gasteiger partial charge in [-0.25, -0.2) is 9.69 Å². The summed E-state index contributed by atoms with van der Waals surface area (Å²) in [5.41, 5.74) is 3.22. The van der Waals surface area contributed by atoms with Crippen molar-refractivity contribution in [3.05, 3.63) is 97.0 Å². The number of nitro benzene ring substituents is 1. The number of hydrogen-bond acceptors (Lipinski definition) is 7. The molecule has 0 spiro atoms. The molecule has 1 heterocycles. The van der Waals surface area contributed by atoms with Crippen LogP contribution < -0.4 is 19.7 Å². The molecule has 4 amide bonds. The van der Waals surface area contributed by atoms with Crippen LogP contribution in [0.1, 0.15) is 22.3 Å². The SMILES string of the molecule is COc1cc(/C=C2\C(=O)NC(=O)N(c3ccc([N+](=O)[O-])cc3)C2=O)cc(Br)c1OCc1cc(C)cc(C)c1. The zero-order chi connectivity index (χ0) is 27.6. The number of nitrogens with one attached hydrogen (secondary N) is 1. The molecule has 1 aliphatic rings. The molecule has 0 aromatic heterocycles. The summed E-state index contributed by atoms with van der Waals surface area (Å²) in [5, 5.41) is 13.1. The fourth-order valence-electron chi connectivity index (χ4n) is 4.05. The fourth-order valence-corrected chi connectivity index (χ4v) is 4.63. The van der Waals surface area contributed by atoms with Crippen LogP contribution in [0.5, 0.6) is 11.5 Å². The maximum Gasteiger partial charge on any atom is 0.335 e. The normalized spacial score (nSPS) is 14.5. The molecule has 0 atom stereocenters. The summed E-state index contributed by atoms with van der Waals surface area (Å²) in [4.78, 5) is 49.2. The van der Waals surface area contributed by atoms with Gasteiger partial charge >= 0.3 is 6.03 Å². The summed E-state index contributed by atoms with van der Waals surface area (Å²) >= 11 is 3.47. The molecule has 11 heteroatoms. The lowest BCUT2D eigenvalue weighted by atomic mass is 10.1. The van der Waals surface area contributed by atoms with Crippen molar-refractivity contribution in [2.24, 2.45) is 0 Å². The standard InChI is InChI=1S/C27H22BrN3O7/c1-15-8-16(2)10-18(9-15)14-38-24-22(28)12-17(13-23(24)37-3)11-21-25(32)29-27(34)30(26(21)33)19-4-6-20(7-5-19)31(35)36/h4-13H,14H2,1-3H3,(H,29,32,34)/b21-11+. The Hall–Kier alpha value is -4.51. The summed E-state index contributed by atoms with van der Waals surface area (Å²) in [6.45, 7) is 4.31. The quantitative estimate of drug-likeness (QED) is 0.176. The number of nitrogens with zero attached hydrogens (tertiary/aromatic N) is 2. The van der Waals surface area contributed by atoms with Gasteiger partial charge in [0.15, 0.2) is 11.5 Å². The number of nitro groups is 1. The molecule has 1 N–H and O–H groups in total. The number of benzene rings is 3. The Balaban J connectivity index is 1.63. The van der Waals surface area contributed by atoms with Gasteiger partial charge in [-0.2, -0.15) is 0 Å². The van der Waals surface area contributed by atoms with E-state index in [-0.39, 0.29) is 16.9 Å². The lowest BCUT2D eigenvalue weighted by molar-refractivity contribution is -0.384. The molecule has 0 aliphatic carbocycles. The minimum Gasteiger partial charge on any atom is -0.493 e. The number of non-ortho nitro benzene ring substituents is 1. The van der Waals surface area contributed by atoms with E-state index in [1.807, 2.05) is 26.0 Å². The molecule has 0 radical (unpaired) electrons. The molecule has 194 valence electrons. The maximum atomic E-state index is 13.2. The summed E-state index contributed by atoms with van der Waals surface area (Å²) in [6.07, 6.45) is 1.32. The number of barbiturate groups is 1. The molecule has 1 fully saturated rings. The van der Waals surface area contributed by atoms with Gasteiger partial charge in [0.25, 0.3) is 17.5 Å². The fraction of sp³-hybridized carbons (Fsp3) is 0.148. The van der Waals surface area contributed by atoms with E-state index in [4.69, 9.17) is 9.47 Å². The predicted octanol–water partition coefficient (Wildman–Crippen LogP) is 5.23. The molecule has 1 aliphatic heterocycles. The molecule has 1 saturated heterocycles. The highest BCUT2D eigenvalue weighted by molar-refractivity contribution is 9.10. The Labute approximate surface area is 226 Å². The molecule has 0 saturated carbocycles. The van der Waals surface area contributed by atoms with Crippen LogP contribution in [0, 0.1) is 24.0 Å².